The quantitative estimate of drug-likeness (QED) is 0.709. The van der Waals surface area contributed by atoms with Gasteiger partial charge >= 0.3 is 0 Å². The first-order valence-electron chi connectivity index (χ1n) is 4.72. The van der Waals surface area contributed by atoms with Gasteiger partial charge in [-0.3, -0.25) is 0 Å². The Morgan fingerprint density at radius 3 is 1.57 bits per heavy atom. The second-order valence-corrected chi connectivity index (χ2v) is 13.6. The summed E-state index contributed by atoms with van der Waals surface area (Å²) >= 11 is 0. The van der Waals surface area contributed by atoms with E-state index in [0.717, 1.165) is 0 Å². The molecule has 3 heteroatoms. The maximum absolute atomic E-state index is 2.37. The summed E-state index contributed by atoms with van der Waals surface area (Å²) in [6, 6.07) is 0. The van der Waals surface area contributed by atoms with Crippen molar-refractivity contribution in [2.24, 2.45) is 0 Å². The second-order valence-electron chi connectivity index (χ2n) is 5.21. The van der Waals surface area contributed by atoms with Crippen LogP contribution in [0.1, 0.15) is 0 Å². The van der Waals surface area contributed by atoms with Gasteiger partial charge in [-0.2, -0.15) is 10.2 Å². The molecule has 1 heterocycles. The molecule has 0 radical (unpaired) electrons. The highest BCUT2D eigenvalue weighted by molar-refractivity contribution is 8.32. The Labute approximate surface area is 92.0 Å². The van der Waals surface area contributed by atoms with Gasteiger partial charge in [0.05, 0.1) is 0 Å². The highest BCUT2D eigenvalue weighted by Crippen LogP contribution is 2.47. The Balaban J connectivity index is 2.72. The van der Waals surface area contributed by atoms with Crippen LogP contribution < -0.4 is 0 Å². The normalized spacial score (nSPS) is 21.4. The molecule has 0 aliphatic carbocycles. The first-order chi connectivity index (χ1) is 6.21. The van der Waals surface area contributed by atoms with Crippen molar-refractivity contribution in [1.82, 2.24) is 4.31 Å². The molecule has 14 heavy (non-hydrogen) atoms. The Morgan fingerprint density at radius 1 is 0.857 bits per heavy atom. The zero-order chi connectivity index (χ0) is 11.0. The molecule has 0 spiro atoms. The van der Waals surface area contributed by atoms with E-state index in [-0.39, 0.29) is 0 Å². The van der Waals surface area contributed by atoms with Crippen molar-refractivity contribution in [3.8, 4) is 0 Å². The van der Waals surface area contributed by atoms with Gasteiger partial charge in [-0.05, 0) is 37.5 Å². The molecule has 0 atom stereocenters. The highest BCUT2D eigenvalue weighted by atomic mass is 32.3. The van der Waals surface area contributed by atoms with Crippen LogP contribution in [0.25, 0.3) is 0 Å². The lowest BCUT2D eigenvalue weighted by atomic mass is 10.3. The Hall–Kier alpha value is -0.0200. The average Bonchev–Trinajstić information content (AvgIpc) is 2.01. The summed E-state index contributed by atoms with van der Waals surface area (Å²) < 4.78 is 2.36. The topological polar surface area (TPSA) is 3.24 Å². The largest absolute Gasteiger partial charge is 0.319 e. The molecule has 0 fully saturated rings. The van der Waals surface area contributed by atoms with Crippen molar-refractivity contribution in [3.05, 3.63) is 24.6 Å². The van der Waals surface area contributed by atoms with E-state index < -0.39 is 20.2 Å². The molecule has 1 aliphatic heterocycles. The Bertz CT molecular complexity index is 215. The molecule has 0 saturated carbocycles. The molecular weight excluding hydrogens is 210 g/mol. The van der Waals surface area contributed by atoms with Crippen LogP contribution in [-0.2, 0) is 0 Å². The van der Waals surface area contributed by atoms with Crippen molar-refractivity contribution < 1.29 is 0 Å². The minimum absolute atomic E-state index is 0.486. The van der Waals surface area contributed by atoms with Crippen molar-refractivity contribution in [1.29, 1.82) is 0 Å². The predicted molar refractivity (Wildman–Crippen MR) is 74.6 cm³/mol. The van der Waals surface area contributed by atoms with E-state index >= 15 is 0 Å². The third-order valence-corrected chi connectivity index (χ3v) is 5.75. The minimum atomic E-state index is -0.626. The molecule has 84 valence electrons. The van der Waals surface area contributed by atoms with E-state index in [0.29, 0.717) is 5.25 Å². The van der Waals surface area contributed by atoms with Crippen LogP contribution in [0, 0.1) is 0 Å². The standard InChI is InChI=1S/C11H23NS2/c1-13(2,3)11-7-9-12(10-8-11)14(4,5)6/h7-11H,1-6H3. The molecule has 1 nitrogen and oxygen atoms in total. The van der Waals surface area contributed by atoms with Gasteiger partial charge in [0.25, 0.3) is 0 Å². The van der Waals surface area contributed by atoms with Crippen LogP contribution in [0.15, 0.2) is 24.6 Å². The van der Waals surface area contributed by atoms with Gasteiger partial charge in [-0.1, -0.05) is 12.2 Å². The zero-order valence-electron chi connectivity index (χ0n) is 10.2. The first kappa shape index (κ1) is 12.1. The summed E-state index contributed by atoms with van der Waals surface area (Å²) in [4.78, 5) is 0. The van der Waals surface area contributed by atoms with E-state index in [1.165, 1.54) is 0 Å². The summed E-state index contributed by atoms with van der Waals surface area (Å²) in [6.45, 7) is 0. The van der Waals surface area contributed by atoms with Crippen LogP contribution in [0.4, 0.5) is 0 Å². The zero-order valence-corrected chi connectivity index (χ0v) is 11.8. The SMILES string of the molecule is CS(C)(C)C1C=CN(S(C)(C)C)C=C1. The summed E-state index contributed by atoms with van der Waals surface area (Å²) in [5.41, 5.74) is 0. The number of hydrogen-bond acceptors (Lipinski definition) is 1. The van der Waals surface area contributed by atoms with Gasteiger partial charge in [0.15, 0.2) is 0 Å². The number of rotatable bonds is 2. The monoisotopic (exact) mass is 233 g/mol. The minimum Gasteiger partial charge on any atom is -0.319 e. The number of nitrogens with zero attached hydrogens (tertiary/aromatic N) is 1. The third-order valence-electron chi connectivity index (χ3n) is 2.29. The van der Waals surface area contributed by atoms with Crippen LogP contribution in [0.5, 0.6) is 0 Å². The fourth-order valence-electron chi connectivity index (χ4n) is 1.29. The molecule has 0 saturated heterocycles. The fourth-order valence-corrected chi connectivity index (χ4v) is 3.24. The van der Waals surface area contributed by atoms with E-state index in [1.807, 2.05) is 0 Å². The molecular formula is C11H23NS2. The molecule has 1 rings (SSSR count). The van der Waals surface area contributed by atoms with Crippen molar-refractivity contribution in [2.75, 3.05) is 37.5 Å². The van der Waals surface area contributed by atoms with Gasteiger partial charge in [-0.25, -0.2) is 10.0 Å². The van der Waals surface area contributed by atoms with Crippen LogP contribution in [-0.4, -0.2) is 47.1 Å². The molecule has 0 aromatic rings. The summed E-state index contributed by atoms with van der Waals surface area (Å²) in [5.74, 6) is 0. The van der Waals surface area contributed by atoms with E-state index in [9.17, 15) is 0 Å². The lowest BCUT2D eigenvalue weighted by Crippen LogP contribution is -2.21. The maximum atomic E-state index is 2.37. The lowest BCUT2D eigenvalue weighted by Gasteiger charge is -2.41. The van der Waals surface area contributed by atoms with Gasteiger partial charge < -0.3 is 4.31 Å². The fraction of sp³-hybridized carbons (Fsp3) is 0.636. The Kier molecular flexibility index (Phi) is 3.32. The van der Waals surface area contributed by atoms with Crippen molar-refractivity contribution >= 4 is 20.2 Å². The van der Waals surface area contributed by atoms with Crippen molar-refractivity contribution in [3.63, 3.8) is 0 Å². The summed E-state index contributed by atoms with van der Waals surface area (Å²) in [5, 5.41) is 0.653. The molecule has 0 N–H and O–H groups in total. The van der Waals surface area contributed by atoms with Gasteiger partial charge in [0.2, 0.25) is 0 Å². The molecule has 0 unspecified atom stereocenters. The van der Waals surface area contributed by atoms with E-state index in [2.05, 4.69) is 66.4 Å². The molecule has 0 amide bonds. The third kappa shape index (κ3) is 2.99. The molecule has 1 aliphatic rings. The molecule has 0 aromatic carbocycles. The van der Waals surface area contributed by atoms with Crippen LogP contribution >= 0.6 is 20.2 Å². The van der Waals surface area contributed by atoms with Gasteiger partial charge in [0.1, 0.15) is 0 Å². The molecule has 0 aromatic heterocycles. The van der Waals surface area contributed by atoms with Crippen molar-refractivity contribution in [2.45, 2.75) is 5.25 Å². The smallest absolute Gasteiger partial charge is 0.0279 e. The summed E-state index contributed by atoms with van der Waals surface area (Å²) in [7, 11) is -1.11. The average molecular weight is 233 g/mol. The van der Waals surface area contributed by atoms with Gasteiger partial charge in [0, 0.05) is 17.6 Å². The van der Waals surface area contributed by atoms with E-state index in [4.69, 9.17) is 0 Å². The number of hydrogen-bond donors (Lipinski definition) is 0. The van der Waals surface area contributed by atoms with E-state index in [1.54, 1.807) is 0 Å². The van der Waals surface area contributed by atoms with Crippen LogP contribution in [0.3, 0.4) is 0 Å². The lowest BCUT2D eigenvalue weighted by molar-refractivity contribution is 0.809. The van der Waals surface area contributed by atoms with Crippen LogP contribution in [0.2, 0.25) is 0 Å². The predicted octanol–water partition coefficient (Wildman–Crippen LogP) is 3.00. The first-order valence-corrected chi connectivity index (χ1v) is 10.5. The second kappa shape index (κ2) is 3.86. The summed E-state index contributed by atoms with van der Waals surface area (Å²) in [6.07, 6.45) is 23.3. The Morgan fingerprint density at radius 2 is 1.29 bits per heavy atom. The highest BCUT2D eigenvalue weighted by Gasteiger charge is 2.19. The molecule has 0 bridgehead atoms. The maximum Gasteiger partial charge on any atom is 0.0279 e. The van der Waals surface area contributed by atoms with Gasteiger partial charge in [-0.15, -0.1) is 0 Å².